The summed E-state index contributed by atoms with van der Waals surface area (Å²) in [7, 11) is 2.15. The fourth-order valence-corrected chi connectivity index (χ4v) is 3.38. The average molecular weight is 252 g/mol. The molecule has 1 atom stereocenters. The second kappa shape index (κ2) is 6.05. The predicted molar refractivity (Wildman–Crippen MR) is 74.4 cm³/mol. The third-order valence-electron chi connectivity index (χ3n) is 4.92. The summed E-state index contributed by atoms with van der Waals surface area (Å²) in [5.74, 6) is 1.97. The van der Waals surface area contributed by atoms with Crippen molar-refractivity contribution >= 4 is 5.91 Å². The first kappa shape index (κ1) is 13.9. The smallest absolute Gasteiger partial charge is 0.224 e. The molecule has 0 aromatic carbocycles. The lowest BCUT2D eigenvalue weighted by molar-refractivity contribution is -0.133. The second-order valence-corrected chi connectivity index (χ2v) is 6.44. The van der Waals surface area contributed by atoms with Gasteiger partial charge in [0, 0.05) is 25.6 Å². The molecule has 2 aliphatic rings. The zero-order valence-electron chi connectivity index (χ0n) is 12.2. The molecule has 2 rings (SSSR count). The average Bonchev–Trinajstić information content (AvgIpc) is 2.75. The molecule has 2 heterocycles. The van der Waals surface area contributed by atoms with Gasteiger partial charge in [0.1, 0.15) is 0 Å². The van der Waals surface area contributed by atoms with Gasteiger partial charge in [-0.25, -0.2) is 0 Å². The lowest BCUT2D eigenvalue weighted by Gasteiger charge is -2.34. The van der Waals surface area contributed by atoms with Gasteiger partial charge in [0.15, 0.2) is 0 Å². The standard InChI is InChI=1S/C15H28N2O/c1-12(2)13-6-9-17(10-7-13)15(18)11-14-5-4-8-16(14)3/h12-14H,4-11H2,1-3H3. The van der Waals surface area contributed by atoms with Crippen molar-refractivity contribution in [1.82, 2.24) is 9.80 Å². The Balaban J connectivity index is 1.77. The number of carbonyl (C=O) groups is 1. The summed E-state index contributed by atoms with van der Waals surface area (Å²) in [5.41, 5.74) is 0. The maximum atomic E-state index is 12.3. The van der Waals surface area contributed by atoms with Crippen molar-refractivity contribution in [2.24, 2.45) is 11.8 Å². The van der Waals surface area contributed by atoms with E-state index in [1.165, 1.54) is 25.7 Å². The predicted octanol–water partition coefficient (Wildman–Crippen LogP) is 2.37. The molecule has 0 bridgehead atoms. The number of amides is 1. The maximum Gasteiger partial charge on any atom is 0.224 e. The zero-order valence-corrected chi connectivity index (χ0v) is 12.2. The zero-order chi connectivity index (χ0) is 13.1. The van der Waals surface area contributed by atoms with Crippen LogP contribution in [0.3, 0.4) is 0 Å². The Kier molecular flexibility index (Phi) is 4.66. The van der Waals surface area contributed by atoms with Crippen molar-refractivity contribution in [2.45, 2.75) is 52.0 Å². The minimum Gasteiger partial charge on any atom is -0.343 e. The van der Waals surface area contributed by atoms with Gasteiger partial charge < -0.3 is 9.80 Å². The molecule has 2 aliphatic heterocycles. The molecular formula is C15H28N2O. The highest BCUT2D eigenvalue weighted by atomic mass is 16.2. The lowest BCUT2D eigenvalue weighted by atomic mass is 9.86. The van der Waals surface area contributed by atoms with Gasteiger partial charge >= 0.3 is 0 Å². The van der Waals surface area contributed by atoms with E-state index in [9.17, 15) is 4.79 Å². The van der Waals surface area contributed by atoms with Gasteiger partial charge in [-0.2, -0.15) is 0 Å². The summed E-state index contributed by atoms with van der Waals surface area (Å²) in [4.78, 5) is 16.7. The Morgan fingerprint density at radius 1 is 1.17 bits per heavy atom. The third-order valence-corrected chi connectivity index (χ3v) is 4.92. The summed E-state index contributed by atoms with van der Waals surface area (Å²) < 4.78 is 0. The molecule has 1 amide bonds. The van der Waals surface area contributed by atoms with E-state index in [1.807, 2.05) is 0 Å². The number of hydrogen-bond acceptors (Lipinski definition) is 2. The van der Waals surface area contributed by atoms with Crippen LogP contribution in [0.4, 0.5) is 0 Å². The highest BCUT2D eigenvalue weighted by Crippen LogP contribution is 2.26. The first-order valence-corrected chi connectivity index (χ1v) is 7.56. The van der Waals surface area contributed by atoms with Crippen LogP contribution in [0, 0.1) is 11.8 Å². The first-order chi connectivity index (χ1) is 8.58. The maximum absolute atomic E-state index is 12.3. The fraction of sp³-hybridized carbons (Fsp3) is 0.933. The monoisotopic (exact) mass is 252 g/mol. The minimum atomic E-state index is 0.385. The molecule has 0 aromatic rings. The van der Waals surface area contributed by atoms with Crippen molar-refractivity contribution in [3.63, 3.8) is 0 Å². The first-order valence-electron chi connectivity index (χ1n) is 7.56. The molecule has 2 fully saturated rings. The van der Waals surface area contributed by atoms with Crippen LogP contribution in [0.25, 0.3) is 0 Å². The lowest BCUT2D eigenvalue weighted by Crippen LogP contribution is -2.42. The molecule has 0 radical (unpaired) electrons. The molecule has 3 nitrogen and oxygen atoms in total. The van der Waals surface area contributed by atoms with Crippen molar-refractivity contribution < 1.29 is 4.79 Å². The van der Waals surface area contributed by atoms with E-state index in [4.69, 9.17) is 0 Å². The normalized spacial score (nSPS) is 27.1. The highest BCUT2D eigenvalue weighted by molar-refractivity contribution is 5.77. The van der Waals surface area contributed by atoms with Crippen molar-refractivity contribution in [3.05, 3.63) is 0 Å². The molecule has 0 saturated carbocycles. The van der Waals surface area contributed by atoms with Gasteiger partial charge in [-0.1, -0.05) is 13.8 Å². The van der Waals surface area contributed by atoms with Gasteiger partial charge in [0.05, 0.1) is 0 Å². The summed E-state index contributed by atoms with van der Waals surface area (Å²) in [6.45, 7) is 7.73. The van der Waals surface area contributed by atoms with E-state index < -0.39 is 0 Å². The largest absolute Gasteiger partial charge is 0.343 e. The van der Waals surface area contributed by atoms with Crippen molar-refractivity contribution in [3.8, 4) is 0 Å². The number of nitrogens with zero attached hydrogens (tertiary/aromatic N) is 2. The number of hydrogen-bond donors (Lipinski definition) is 0. The van der Waals surface area contributed by atoms with E-state index in [-0.39, 0.29) is 0 Å². The van der Waals surface area contributed by atoms with E-state index in [0.29, 0.717) is 11.9 Å². The Bertz CT molecular complexity index is 282. The van der Waals surface area contributed by atoms with Crippen LogP contribution >= 0.6 is 0 Å². The van der Waals surface area contributed by atoms with E-state index in [1.54, 1.807) is 0 Å². The number of carbonyl (C=O) groups excluding carboxylic acids is 1. The van der Waals surface area contributed by atoms with Gasteiger partial charge in [0.2, 0.25) is 5.91 Å². The molecule has 1 unspecified atom stereocenters. The molecule has 0 aliphatic carbocycles. The van der Waals surface area contributed by atoms with E-state index in [0.717, 1.165) is 37.9 Å². The van der Waals surface area contributed by atoms with Crippen molar-refractivity contribution in [1.29, 1.82) is 0 Å². The number of rotatable bonds is 3. The van der Waals surface area contributed by atoms with Crippen LogP contribution in [0.2, 0.25) is 0 Å². The quantitative estimate of drug-likeness (QED) is 0.770. The van der Waals surface area contributed by atoms with Crippen LogP contribution in [0.5, 0.6) is 0 Å². The number of piperidine rings is 1. The van der Waals surface area contributed by atoms with Crippen LogP contribution < -0.4 is 0 Å². The molecular weight excluding hydrogens is 224 g/mol. The van der Waals surface area contributed by atoms with Crippen LogP contribution in [-0.4, -0.2) is 48.4 Å². The summed E-state index contributed by atoms with van der Waals surface area (Å²) >= 11 is 0. The molecule has 18 heavy (non-hydrogen) atoms. The van der Waals surface area contributed by atoms with Gasteiger partial charge in [-0.05, 0) is 51.1 Å². The highest BCUT2D eigenvalue weighted by Gasteiger charge is 2.28. The van der Waals surface area contributed by atoms with E-state index in [2.05, 4.69) is 30.7 Å². The molecule has 2 saturated heterocycles. The van der Waals surface area contributed by atoms with Crippen LogP contribution in [-0.2, 0) is 4.79 Å². The van der Waals surface area contributed by atoms with Gasteiger partial charge in [-0.15, -0.1) is 0 Å². The Morgan fingerprint density at radius 2 is 1.83 bits per heavy atom. The molecule has 0 spiro atoms. The van der Waals surface area contributed by atoms with Gasteiger partial charge in [0.25, 0.3) is 0 Å². The number of likely N-dealkylation sites (tertiary alicyclic amines) is 2. The Hall–Kier alpha value is -0.570. The van der Waals surface area contributed by atoms with Crippen LogP contribution in [0.1, 0.15) is 46.0 Å². The molecule has 3 heteroatoms. The molecule has 104 valence electrons. The fourth-order valence-electron chi connectivity index (χ4n) is 3.38. The topological polar surface area (TPSA) is 23.6 Å². The van der Waals surface area contributed by atoms with Crippen molar-refractivity contribution in [2.75, 3.05) is 26.7 Å². The van der Waals surface area contributed by atoms with E-state index >= 15 is 0 Å². The molecule has 0 N–H and O–H groups in total. The third kappa shape index (κ3) is 3.25. The molecule has 0 aromatic heterocycles. The van der Waals surface area contributed by atoms with Crippen LogP contribution in [0.15, 0.2) is 0 Å². The second-order valence-electron chi connectivity index (χ2n) is 6.44. The summed E-state index contributed by atoms with van der Waals surface area (Å²) in [5, 5.41) is 0. The summed E-state index contributed by atoms with van der Waals surface area (Å²) in [6.07, 6.45) is 5.59. The SMILES string of the molecule is CC(C)C1CCN(C(=O)CC2CCCN2C)CC1. The Morgan fingerprint density at radius 3 is 2.33 bits per heavy atom. The Labute approximate surface area is 112 Å². The summed E-state index contributed by atoms with van der Waals surface area (Å²) in [6, 6.07) is 0.500. The van der Waals surface area contributed by atoms with Gasteiger partial charge in [-0.3, -0.25) is 4.79 Å². The minimum absolute atomic E-state index is 0.385.